The van der Waals surface area contributed by atoms with Crippen LogP contribution in [0.15, 0.2) is 35.5 Å². The molecule has 0 N–H and O–H groups in total. The zero-order chi connectivity index (χ0) is 21.3. The van der Waals surface area contributed by atoms with Crippen molar-refractivity contribution in [3.63, 3.8) is 0 Å². The Hall–Kier alpha value is -3.67. The minimum Gasteiger partial charge on any atom is -0.482 e. The lowest BCUT2D eigenvalue weighted by molar-refractivity contribution is 0.375. The molecule has 9 nitrogen and oxygen atoms in total. The first kappa shape index (κ1) is 19.6. The van der Waals surface area contributed by atoms with Crippen LogP contribution in [0.1, 0.15) is 30.1 Å². The lowest BCUT2D eigenvalue weighted by atomic mass is 9.93. The molecular weight excluding hydrogens is 382 g/mol. The molecule has 0 amide bonds. The molecule has 0 atom stereocenters. The van der Waals surface area contributed by atoms with E-state index in [1.807, 2.05) is 29.8 Å². The highest BCUT2D eigenvalue weighted by atomic mass is 16.5. The molecule has 30 heavy (non-hydrogen) atoms. The second kappa shape index (κ2) is 7.99. The number of ether oxygens (including phenoxy) is 1. The molecule has 1 aliphatic rings. The van der Waals surface area contributed by atoms with E-state index in [0.717, 1.165) is 43.0 Å². The highest BCUT2D eigenvalue weighted by Gasteiger charge is 2.27. The Kier molecular flexibility index (Phi) is 5.23. The minimum atomic E-state index is -0.391. The van der Waals surface area contributed by atoms with Crippen LogP contribution >= 0.6 is 0 Å². The second-order valence-electron chi connectivity index (χ2n) is 7.40. The maximum Gasteiger partial charge on any atom is 0.350 e. The first-order chi connectivity index (χ1) is 14.5. The Morgan fingerprint density at radius 3 is 2.60 bits per heavy atom. The van der Waals surface area contributed by atoms with Gasteiger partial charge in [0.1, 0.15) is 18.2 Å². The molecule has 2 aromatic heterocycles. The fourth-order valence-corrected chi connectivity index (χ4v) is 4.18. The van der Waals surface area contributed by atoms with Crippen LogP contribution in [-0.4, -0.2) is 44.5 Å². The SMILES string of the molecule is COc1c(-c2cccc(C#N)c2N2CCC(c3nncn3C)CC2)cnc(=O)n1C. The van der Waals surface area contributed by atoms with Crippen molar-refractivity contribution in [2.24, 2.45) is 14.1 Å². The third-order valence-electron chi connectivity index (χ3n) is 5.69. The molecule has 1 saturated heterocycles. The smallest absolute Gasteiger partial charge is 0.350 e. The van der Waals surface area contributed by atoms with Crippen LogP contribution in [0.4, 0.5) is 5.69 Å². The van der Waals surface area contributed by atoms with Crippen molar-refractivity contribution in [2.45, 2.75) is 18.8 Å². The lowest BCUT2D eigenvalue weighted by Crippen LogP contribution is -2.34. The van der Waals surface area contributed by atoms with Gasteiger partial charge in [0.2, 0.25) is 5.88 Å². The van der Waals surface area contributed by atoms with Gasteiger partial charge in [0.15, 0.2) is 0 Å². The Morgan fingerprint density at radius 1 is 1.20 bits per heavy atom. The van der Waals surface area contributed by atoms with E-state index in [0.29, 0.717) is 22.9 Å². The Balaban J connectivity index is 1.74. The standard InChI is InChI=1S/C21H23N7O2/c1-26-13-24-25-19(26)14-7-9-28(10-8-14)18-15(11-22)5-4-6-16(18)17-12-23-21(29)27(2)20(17)30-3/h4-6,12-14H,7-10H2,1-3H3. The summed E-state index contributed by atoms with van der Waals surface area (Å²) in [6.07, 6.45) is 5.07. The van der Waals surface area contributed by atoms with Crippen molar-refractivity contribution < 1.29 is 4.74 Å². The van der Waals surface area contributed by atoms with Gasteiger partial charge in [-0.25, -0.2) is 9.78 Å². The van der Waals surface area contributed by atoms with Crippen LogP contribution in [0.25, 0.3) is 11.1 Å². The van der Waals surface area contributed by atoms with E-state index in [4.69, 9.17) is 4.74 Å². The van der Waals surface area contributed by atoms with Gasteiger partial charge in [-0.1, -0.05) is 12.1 Å². The highest BCUT2D eigenvalue weighted by Crippen LogP contribution is 2.40. The number of nitrogens with zero attached hydrogens (tertiary/aromatic N) is 7. The molecule has 0 saturated carbocycles. The lowest BCUT2D eigenvalue weighted by Gasteiger charge is -2.35. The fourth-order valence-electron chi connectivity index (χ4n) is 4.18. The molecule has 9 heteroatoms. The van der Waals surface area contributed by atoms with Gasteiger partial charge in [0, 0.05) is 44.9 Å². The number of hydrogen-bond donors (Lipinski definition) is 0. The molecule has 0 spiro atoms. The predicted molar refractivity (Wildman–Crippen MR) is 111 cm³/mol. The fraction of sp³-hybridized carbons (Fsp3) is 0.381. The van der Waals surface area contributed by atoms with Crippen LogP contribution in [0.2, 0.25) is 0 Å². The molecule has 0 radical (unpaired) electrons. The predicted octanol–water partition coefficient (Wildman–Crippen LogP) is 1.84. The summed E-state index contributed by atoms with van der Waals surface area (Å²) >= 11 is 0. The number of piperidine rings is 1. The Morgan fingerprint density at radius 2 is 1.97 bits per heavy atom. The van der Waals surface area contributed by atoms with Crippen molar-refractivity contribution in [3.8, 4) is 23.1 Å². The molecule has 0 aliphatic carbocycles. The summed E-state index contributed by atoms with van der Waals surface area (Å²) in [7, 11) is 5.11. The third-order valence-corrected chi connectivity index (χ3v) is 5.69. The van der Waals surface area contributed by atoms with Crippen molar-refractivity contribution in [1.82, 2.24) is 24.3 Å². The van der Waals surface area contributed by atoms with Crippen LogP contribution < -0.4 is 15.3 Å². The normalized spacial score (nSPS) is 14.5. The number of aryl methyl sites for hydroxylation is 1. The van der Waals surface area contributed by atoms with Gasteiger partial charge < -0.3 is 14.2 Å². The average molecular weight is 405 g/mol. The molecule has 1 fully saturated rings. The van der Waals surface area contributed by atoms with Crippen LogP contribution in [0, 0.1) is 11.3 Å². The maximum atomic E-state index is 12.0. The number of aromatic nitrogens is 5. The van der Waals surface area contributed by atoms with Crippen LogP contribution in [0.5, 0.6) is 5.88 Å². The molecule has 3 heterocycles. The van der Waals surface area contributed by atoms with E-state index in [2.05, 4.69) is 26.2 Å². The van der Waals surface area contributed by atoms with Gasteiger partial charge in [-0.15, -0.1) is 10.2 Å². The van der Waals surface area contributed by atoms with Crippen molar-refractivity contribution in [1.29, 1.82) is 5.26 Å². The summed E-state index contributed by atoms with van der Waals surface area (Å²) in [6.45, 7) is 1.56. The highest BCUT2D eigenvalue weighted by molar-refractivity contribution is 5.85. The number of methoxy groups -OCH3 is 1. The van der Waals surface area contributed by atoms with E-state index in [-0.39, 0.29) is 0 Å². The summed E-state index contributed by atoms with van der Waals surface area (Å²) < 4.78 is 8.85. The van der Waals surface area contributed by atoms with Crippen molar-refractivity contribution in [2.75, 3.05) is 25.1 Å². The van der Waals surface area contributed by atoms with Crippen molar-refractivity contribution in [3.05, 3.63) is 52.6 Å². The minimum absolute atomic E-state index is 0.334. The van der Waals surface area contributed by atoms with Gasteiger partial charge in [0.05, 0.1) is 23.9 Å². The first-order valence-electron chi connectivity index (χ1n) is 9.77. The van der Waals surface area contributed by atoms with Gasteiger partial charge in [-0.05, 0) is 18.9 Å². The van der Waals surface area contributed by atoms with Crippen LogP contribution in [0.3, 0.4) is 0 Å². The number of benzene rings is 1. The molecule has 1 aliphatic heterocycles. The molecular formula is C21H23N7O2. The summed E-state index contributed by atoms with van der Waals surface area (Å²) in [5, 5.41) is 18.0. The molecule has 1 aromatic carbocycles. The van der Waals surface area contributed by atoms with Gasteiger partial charge in [-0.3, -0.25) is 4.57 Å². The van der Waals surface area contributed by atoms with Gasteiger partial charge in [-0.2, -0.15) is 5.26 Å². The molecule has 0 bridgehead atoms. The molecule has 154 valence electrons. The third kappa shape index (κ3) is 3.30. The van der Waals surface area contributed by atoms with Gasteiger partial charge >= 0.3 is 5.69 Å². The number of rotatable bonds is 4. The van der Waals surface area contributed by atoms with Gasteiger partial charge in [0.25, 0.3) is 0 Å². The summed E-state index contributed by atoms with van der Waals surface area (Å²) in [5.41, 5.74) is 2.54. The molecule has 3 aromatic rings. The first-order valence-corrected chi connectivity index (χ1v) is 9.77. The Bertz CT molecular complexity index is 1170. The quantitative estimate of drug-likeness (QED) is 0.653. The largest absolute Gasteiger partial charge is 0.482 e. The van der Waals surface area contributed by atoms with Crippen LogP contribution in [-0.2, 0) is 14.1 Å². The van der Waals surface area contributed by atoms with E-state index in [1.54, 1.807) is 13.4 Å². The van der Waals surface area contributed by atoms with E-state index in [1.165, 1.54) is 17.9 Å². The molecule has 0 unspecified atom stereocenters. The van der Waals surface area contributed by atoms with Crippen molar-refractivity contribution >= 4 is 5.69 Å². The number of nitriles is 1. The Labute approximate surface area is 174 Å². The monoisotopic (exact) mass is 405 g/mol. The maximum absolute atomic E-state index is 12.0. The van der Waals surface area contributed by atoms with E-state index >= 15 is 0 Å². The summed E-state index contributed by atoms with van der Waals surface area (Å²) in [4.78, 5) is 18.2. The number of para-hydroxylation sites is 1. The second-order valence-corrected chi connectivity index (χ2v) is 7.40. The summed E-state index contributed by atoms with van der Waals surface area (Å²) in [5.74, 6) is 1.74. The number of hydrogen-bond acceptors (Lipinski definition) is 7. The van der Waals surface area contributed by atoms with E-state index in [9.17, 15) is 10.1 Å². The van der Waals surface area contributed by atoms with E-state index < -0.39 is 5.69 Å². The topological polar surface area (TPSA) is 102 Å². The summed E-state index contributed by atoms with van der Waals surface area (Å²) in [6, 6.07) is 7.91. The zero-order valence-corrected chi connectivity index (χ0v) is 17.2. The average Bonchev–Trinajstić information content (AvgIpc) is 3.21. The number of anilines is 1. The zero-order valence-electron chi connectivity index (χ0n) is 17.2. The molecule has 4 rings (SSSR count).